The minimum atomic E-state index is -0.336. The van der Waals surface area contributed by atoms with E-state index in [1.54, 1.807) is 0 Å². The van der Waals surface area contributed by atoms with Crippen molar-refractivity contribution < 1.29 is 19.0 Å². The van der Waals surface area contributed by atoms with Gasteiger partial charge in [0, 0.05) is 11.0 Å². The van der Waals surface area contributed by atoms with Crippen LogP contribution in [0.1, 0.15) is 19.4 Å². The van der Waals surface area contributed by atoms with E-state index in [9.17, 15) is 4.79 Å². The number of hydrogen-bond donors (Lipinski definition) is 1. The van der Waals surface area contributed by atoms with Crippen LogP contribution in [-0.4, -0.2) is 25.9 Å². The van der Waals surface area contributed by atoms with Gasteiger partial charge in [0.05, 0.1) is 7.11 Å². The van der Waals surface area contributed by atoms with Gasteiger partial charge in [0.15, 0.2) is 11.5 Å². The Labute approximate surface area is 126 Å². The van der Waals surface area contributed by atoms with Gasteiger partial charge in [0.25, 0.3) is 0 Å². The predicted octanol–water partition coefficient (Wildman–Crippen LogP) is 2.46. The van der Waals surface area contributed by atoms with Gasteiger partial charge in [-0.2, -0.15) is 0 Å². The van der Waals surface area contributed by atoms with E-state index in [0.717, 1.165) is 21.5 Å². The van der Waals surface area contributed by atoms with E-state index in [1.165, 1.54) is 7.11 Å². The summed E-state index contributed by atoms with van der Waals surface area (Å²) in [6, 6.07) is 3.45. The third-order valence-corrected chi connectivity index (χ3v) is 3.91. The number of halogens is 1. The standard InChI is InChI=1S/C14H18BrNO4/c1-8(2)13(14(17)18-3)16-6-9-4-11-12(5-10(9)15)20-7-19-11/h4-5,8,13,16H,6-7H2,1-3H3. The Morgan fingerprint density at radius 1 is 1.40 bits per heavy atom. The number of carbonyl (C=O) groups excluding carboxylic acids is 1. The maximum Gasteiger partial charge on any atom is 0.323 e. The highest BCUT2D eigenvalue weighted by molar-refractivity contribution is 9.10. The van der Waals surface area contributed by atoms with Crippen LogP contribution in [0.4, 0.5) is 0 Å². The van der Waals surface area contributed by atoms with E-state index in [1.807, 2.05) is 26.0 Å². The maximum absolute atomic E-state index is 11.7. The molecule has 1 heterocycles. The summed E-state index contributed by atoms with van der Waals surface area (Å²) in [5, 5.41) is 3.22. The Balaban J connectivity index is 2.08. The van der Waals surface area contributed by atoms with Crippen molar-refractivity contribution in [3.05, 3.63) is 22.2 Å². The highest BCUT2D eigenvalue weighted by atomic mass is 79.9. The number of methoxy groups -OCH3 is 1. The van der Waals surface area contributed by atoms with Gasteiger partial charge in [-0.25, -0.2) is 0 Å². The highest BCUT2D eigenvalue weighted by Gasteiger charge is 2.23. The minimum absolute atomic E-state index is 0.148. The molecule has 1 atom stereocenters. The Bertz CT molecular complexity index is 504. The number of esters is 1. The van der Waals surface area contributed by atoms with Gasteiger partial charge in [-0.15, -0.1) is 0 Å². The van der Waals surface area contributed by atoms with Gasteiger partial charge >= 0.3 is 5.97 Å². The number of ether oxygens (including phenoxy) is 3. The molecule has 110 valence electrons. The van der Waals surface area contributed by atoms with Crippen LogP contribution in [0.3, 0.4) is 0 Å². The molecule has 1 N–H and O–H groups in total. The Kier molecular flexibility index (Phi) is 4.88. The first kappa shape index (κ1) is 15.1. The second-order valence-electron chi connectivity index (χ2n) is 4.92. The Hall–Kier alpha value is -1.27. The zero-order valence-corrected chi connectivity index (χ0v) is 13.3. The molecule has 0 fully saturated rings. The molecule has 0 saturated heterocycles. The third-order valence-electron chi connectivity index (χ3n) is 3.18. The van der Waals surface area contributed by atoms with Crippen molar-refractivity contribution in [2.45, 2.75) is 26.4 Å². The van der Waals surface area contributed by atoms with Gasteiger partial charge in [0.1, 0.15) is 6.04 Å². The summed E-state index contributed by atoms with van der Waals surface area (Å²) in [7, 11) is 1.40. The first-order chi connectivity index (χ1) is 9.52. The summed E-state index contributed by atoms with van der Waals surface area (Å²) < 4.78 is 16.4. The molecule has 1 aliphatic heterocycles. The van der Waals surface area contributed by atoms with Crippen molar-refractivity contribution >= 4 is 21.9 Å². The third kappa shape index (κ3) is 3.24. The smallest absolute Gasteiger partial charge is 0.323 e. The molecule has 0 aliphatic carbocycles. The van der Waals surface area contributed by atoms with Crippen LogP contribution in [0.25, 0.3) is 0 Å². The predicted molar refractivity (Wildman–Crippen MR) is 77.7 cm³/mol. The molecule has 0 aromatic heterocycles. The van der Waals surface area contributed by atoms with Crippen LogP contribution in [0.2, 0.25) is 0 Å². The average molecular weight is 344 g/mol. The van der Waals surface area contributed by atoms with Gasteiger partial charge in [-0.3, -0.25) is 4.79 Å². The van der Waals surface area contributed by atoms with Crippen molar-refractivity contribution in [1.82, 2.24) is 5.32 Å². The molecule has 0 saturated carbocycles. The fourth-order valence-electron chi connectivity index (χ4n) is 2.03. The number of rotatable bonds is 5. The average Bonchev–Trinajstić information content (AvgIpc) is 2.85. The number of fused-ring (bicyclic) bond motifs is 1. The molecule has 2 rings (SSSR count). The topological polar surface area (TPSA) is 56.8 Å². The van der Waals surface area contributed by atoms with E-state index in [2.05, 4.69) is 21.2 Å². The first-order valence-corrected chi connectivity index (χ1v) is 7.21. The van der Waals surface area contributed by atoms with Gasteiger partial charge < -0.3 is 19.5 Å². The zero-order chi connectivity index (χ0) is 14.7. The first-order valence-electron chi connectivity index (χ1n) is 6.42. The molecular weight excluding hydrogens is 326 g/mol. The molecule has 0 bridgehead atoms. The molecule has 6 heteroatoms. The lowest BCUT2D eigenvalue weighted by atomic mass is 10.0. The Morgan fingerprint density at radius 3 is 2.65 bits per heavy atom. The molecule has 0 amide bonds. The van der Waals surface area contributed by atoms with Crippen LogP contribution in [0.15, 0.2) is 16.6 Å². The molecule has 0 radical (unpaired) electrons. The summed E-state index contributed by atoms with van der Waals surface area (Å²) >= 11 is 3.50. The fraction of sp³-hybridized carbons (Fsp3) is 0.500. The van der Waals surface area contributed by atoms with E-state index in [4.69, 9.17) is 14.2 Å². The van der Waals surface area contributed by atoms with E-state index < -0.39 is 0 Å². The fourth-order valence-corrected chi connectivity index (χ4v) is 2.50. The molecule has 1 aromatic carbocycles. The van der Waals surface area contributed by atoms with Crippen molar-refractivity contribution in [1.29, 1.82) is 0 Å². The maximum atomic E-state index is 11.7. The molecule has 1 unspecified atom stereocenters. The van der Waals surface area contributed by atoms with Gasteiger partial charge in [0.2, 0.25) is 6.79 Å². The number of carbonyl (C=O) groups is 1. The summed E-state index contributed by atoms with van der Waals surface area (Å²) in [6.07, 6.45) is 0. The van der Waals surface area contributed by atoms with Crippen molar-refractivity contribution in [3.8, 4) is 11.5 Å². The molecule has 0 spiro atoms. The summed E-state index contributed by atoms with van der Waals surface area (Å²) in [6.45, 7) is 4.73. The van der Waals surface area contributed by atoms with Gasteiger partial charge in [-0.1, -0.05) is 29.8 Å². The summed E-state index contributed by atoms with van der Waals surface area (Å²) in [5.74, 6) is 1.35. The number of nitrogens with one attached hydrogen (secondary N) is 1. The molecule has 1 aromatic rings. The second kappa shape index (κ2) is 6.45. The molecule has 20 heavy (non-hydrogen) atoms. The van der Waals surface area contributed by atoms with E-state index in [-0.39, 0.29) is 24.7 Å². The van der Waals surface area contributed by atoms with Crippen LogP contribution in [-0.2, 0) is 16.1 Å². The largest absolute Gasteiger partial charge is 0.468 e. The van der Waals surface area contributed by atoms with Crippen LogP contribution >= 0.6 is 15.9 Å². The van der Waals surface area contributed by atoms with Crippen LogP contribution in [0, 0.1) is 5.92 Å². The van der Waals surface area contributed by atoms with Crippen molar-refractivity contribution in [2.75, 3.05) is 13.9 Å². The van der Waals surface area contributed by atoms with Crippen LogP contribution < -0.4 is 14.8 Å². The van der Waals surface area contributed by atoms with E-state index in [0.29, 0.717) is 6.54 Å². The molecule has 5 nitrogen and oxygen atoms in total. The van der Waals surface area contributed by atoms with Crippen LogP contribution in [0.5, 0.6) is 11.5 Å². The second-order valence-corrected chi connectivity index (χ2v) is 5.78. The SMILES string of the molecule is COC(=O)C(NCc1cc2c(cc1Br)OCO2)C(C)C. The zero-order valence-electron chi connectivity index (χ0n) is 11.7. The normalized spacial score (nSPS) is 14.4. The monoisotopic (exact) mass is 343 g/mol. The van der Waals surface area contributed by atoms with Gasteiger partial charge in [-0.05, 0) is 23.6 Å². The lowest BCUT2D eigenvalue weighted by Crippen LogP contribution is -2.41. The van der Waals surface area contributed by atoms with Crippen molar-refractivity contribution in [2.24, 2.45) is 5.92 Å². The lowest BCUT2D eigenvalue weighted by Gasteiger charge is -2.20. The number of hydrogen-bond acceptors (Lipinski definition) is 5. The lowest BCUT2D eigenvalue weighted by molar-refractivity contribution is -0.144. The Morgan fingerprint density at radius 2 is 2.05 bits per heavy atom. The molecule has 1 aliphatic rings. The number of benzene rings is 1. The molecular formula is C14H18BrNO4. The minimum Gasteiger partial charge on any atom is -0.468 e. The van der Waals surface area contributed by atoms with Crippen molar-refractivity contribution in [3.63, 3.8) is 0 Å². The van der Waals surface area contributed by atoms with E-state index >= 15 is 0 Å². The quantitative estimate of drug-likeness (QED) is 0.832. The highest BCUT2D eigenvalue weighted by Crippen LogP contribution is 2.36. The summed E-state index contributed by atoms with van der Waals surface area (Å²) in [4.78, 5) is 11.7. The summed E-state index contributed by atoms with van der Waals surface area (Å²) in [5.41, 5.74) is 1.00.